The first-order valence-corrected chi connectivity index (χ1v) is 10.9. The van der Waals surface area contributed by atoms with Crippen molar-refractivity contribution in [3.05, 3.63) is 95.6 Å². The molecule has 0 saturated heterocycles. The molecule has 0 bridgehead atoms. The first-order chi connectivity index (χ1) is 16.5. The quantitative estimate of drug-likeness (QED) is 0.487. The maximum atomic E-state index is 12.6. The fraction of sp³-hybridized carbons (Fsp3) is 0.222. The first kappa shape index (κ1) is 23.0. The van der Waals surface area contributed by atoms with Gasteiger partial charge in [0.15, 0.2) is 6.10 Å². The van der Waals surface area contributed by atoms with Gasteiger partial charge in [-0.05, 0) is 35.4 Å². The summed E-state index contributed by atoms with van der Waals surface area (Å²) in [5, 5.41) is 5.98. The smallest absolute Gasteiger partial charge is 0.303 e. The van der Waals surface area contributed by atoms with Gasteiger partial charge >= 0.3 is 5.97 Å². The number of rotatable bonds is 7. The molecule has 1 aliphatic rings. The highest BCUT2D eigenvalue weighted by Gasteiger charge is 2.44. The van der Waals surface area contributed by atoms with E-state index in [1.807, 2.05) is 66.7 Å². The van der Waals surface area contributed by atoms with E-state index in [4.69, 9.17) is 14.2 Å². The van der Waals surface area contributed by atoms with Gasteiger partial charge in [0.1, 0.15) is 29.9 Å². The van der Waals surface area contributed by atoms with Crippen molar-refractivity contribution in [1.29, 1.82) is 0 Å². The summed E-state index contributed by atoms with van der Waals surface area (Å²) in [7, 11) is 1.59. The predicted molar refractivity (Wildman–Crippen MR) is 128 cm³/mol. The number of esters is 1. The molecule has 0 fully saturated rings. The summed E-state index contributed by atoms with van der Waals surface area (Å²) in [6, 6.07) is 23.9. The molecular weight excluding hydrogens is 432 g/mol. The van der Waals surface area contributed by atoms with Crippen molar-refractivity contribution in [1.82, 2.24) is 5.01 Å². The lowest BCUT2D eigenvalue weighted by Gasteiger charge is -2.26. The van der Waals surface area contributed by atoms with Gasteiger partial charge in [0.25, 0.3) is 0 Å². The van der Waals surface area contributed by atoms with Gasteiger partial charge in [-0.3, -0.25) is 9.59 Å². The number of hydrazone groups is 1. The molecule has 7 nitrogen and oxygen atoms in total. The summed E-state index contributed by atoms with van der Waals surface area (Å²) >= 11 is 0. The van der Waals surface area contributed by atoms with Crippen LogP contribution in [0.4, 0.5) is 0 Å². The number of hydrogen-bond donors (Lipinski definition) is 0. The van der Waals surface area contributed by atoms with E-state index in [2.05, 4.69) is 5.10 Å². The van der Waals surface area contributed by atoms with Gasteiger partial charge in [0.05, 0.1) is 7.11 Å². The molecule has 0 saturated carbocycles. The molecule has 0 N–H and O–H groups in total. The lowest BCUT2D eigenvalue weighted by Crippen LogP contribution is -2.35. The average Bonchev–Trinajstić information content (AvgIpc) is 3.22. The molecule has 0 aliphatic carbocycles. The topological polar surface area (TPSA) is 77.4 Å². The van der Waals surface area contributed by atoms with Crippen LogP contribution in [0.2, 0.25) is 0 Å². The first-order valence-electron chi connectivity index (χ1n) is 10.9. The molecule has 2 atom stereocenters. The number of hydrogen-bond acceptors (Lipinski definition) is 6. The van der Waals surface area contributed by atoms with Crippen LogP contribution < -0.4 is 9.47 Å². The molecule has 0 unspecified atom stereocenters. The number of carbonyl (C=O) groups is 2. The third-order valence-corrected chi connectivity index (χ3v) is 5.51. The van der Waals surface area contributed by atoms with E-state index in [-0.39, 0.29) is 5.91 Å². The van der Waals surface area contributed by atoms with Gasteiger partial charge in [0, 0.05) is 19.4 Å². The molecule has 1 heterocycles. The number of nitrogens with zero attached hydrogens (tertiary/aromatic N) is 2. The standard InChI is InChI=1S/C27H26N2O5/c1-18(30)29-26(21-13-15-22(32-3)16-14-21)27(34-19(2)31)25(28-29)23-11-7-8-12-24(23)33-17-20-9-5-4-6-10-20/h4-16,26-27H,17H2,1-3H3/t26-,27-/m0/s1. The fourth-order valence-electron chi connectivity index (χ4n) is 3.94. The van der Waals surface area contributed by atoms with Crippen molar-refractivity contribution in [2.24, 2.45) is 5.10 Å². The van der Waals surface area contributed by atoms with E-state index in [9.17, 15) is 9.59 Å². The minimum absolute atomic E-state index is 0.268. The van der Waals surface area contributed by atoms with Gasteiger partial charge in [-0.15, -0.1) is 0 Å². The summed E-state index contributed by atoms with van der Waals surface area (Å²) in [5.74, 6) is 0.530. The van der Waals surface area contributed by atoms with Crippen LogP contribution in [0.5, 0.6) is 11.5 Å². The van der Waals surface area contributed by atoms with Crippen LogP contribution in [0.15, 0.2) is 84.0 Å². The molecule has 4 rings (SSSR count). The molecule has 0 radical (unpaired) electrons. The fourth-order valence-corrected chi connectivity index (χ4v) is 3.94. The summed E-state index contributed by atoms with van der Waals surface area (Å²) in [6.07, 6.45) is -0.809. The lowest BCUT2D eigenvalue weighted by atomic mass is 9.94. The van der Waals surface area contributed by atoms with E-state index in [0.717, 1.165) is 11.1 Å². The number of benzene rings is 3. The van der Waals surface area contributed by atoms with Crippen LogP contribution >= 0.6 is 0 Å². The van der Waals surface area contributed by atoms with E-state index < -0.39 is 18.1 Å². The Bertz CT molecular complexity index is 1190. The Hall–Kier alpha value is -4.13. The van der Waals surface area contributed by atoms with Crippen molar-refractivity contribution in [3.63, 3.8) is 0 Å². The zero-order valence-corrected chi connectivity index (χ0v) is 19.3. The van der Waals surface area contributed by atoms with Crippen molar-refractivity contribution < 1.29 is 23.8 Å². The molecule has 1 amide bonds. The second-order valence-electron chi connectivity index (χ2n) is 7.87. The summed E-state index contributed by atoms with van der Waals surface area (Å²) in [4.78, 5) is 24.7. The maximum absolute atomic E-state index is 12.6. The van der Waals surface area contributed by atoms with Crippen LogP contribution in [0.3, 0.4) is 0 Å². The lowest BCUT2D eigenvalue weighted by molar-refractivity contribution is -0.147. The zero-order valence-electron chi connectivity index (χ0n) is 19.3. The van der Waals surface area contributed by atoms with Crippen molar-refractivity contribution >= 4 is 17.6 Å². The van der Waals surface area contributed by atoms with Gasteiger partial charge in [-0.2, -0.15) is 5.10 Å². The van der Waals surface area contributed by atoms with Crippen molar-refractivity contribution in [3.8, 4) is 11.5 Å². The highest BCUT2D eigenvalue weighted by Crippen LogP contribution is 2.38. The Labute approximate surface area is 198 Å². The molecule has 1 aliphatic heterocycles. The number of para-hydroxylation sites is 1. The Kier molecular flexibility index (Phi) is 6.92. The van der Waals surface area contributed by atoms with Gasteiger partial charge in [-0.25, -0.2) is 5.01 Å². The normalized spacial score (nSPS) is 17.1. The van der Waals surface area contributed by atoms with E-state index in [1.54, 1.807) is 19.2 Å². The number of methoxy groups -OCH3 is 1. The Morgan fingerprint density at radius 2 is 1.59 bits per heavy atom. The molecular formula is C27H26N2O5. The van der Waals surface area contributed by atoms with Crippen molar-refractivity contribution in [2.45, 2.75) is 32.6 Å². The largest absolute Gasteiger partial charge is 0.497 e. The average molecular weight is 459 g/mol. The summed E-state index contributed by atoms with van der Waals surface area (Å²) in [5.41, 5.74) is 2.90. The Balaban J connectivity index is 1.73. The van der Waals surface area contributed by atoms with E-state index in [0.29, 0.717) is 29.4 Å². The molecule has 34 heavy (non-hydrogen) atoms. The Morgan fingerprint density at radius 3 is 2.24 bits per heavy atom. The summed E-state index contributed by atoms with van der Waals surface area (Å²) in [6.45, 7) is 3.14. The SMILES string of the molecule is COc1ccc([C@H]2[C@@H](OC(C)=O)C(c3ccccc3OCc3ccccc3)=NN2C(C)=O)cc1. The highest BCUT2D eigenvalue weighted by atomic mass is 16.5. The number of ether oxygens (including phenoxy) is 3. The second-order valence-corrected chi connectivity index (χ2v) is 7.87. The van der Waals surface area contributed by atoms with Gasteiger partial charge in [-0.1, -0.05) is 54.6 Å². The third-order valence-electron chi connectivity index (χ3n) is 5.51. The number of amides is 1. The summed E-state index contributed by atoms with van der Waals surface area (Å²) < 4.78 is 17.1. The molecule has 7 heteroatoms. The molecule has 3 aromatic carbocycles. The van der Waals surface area contributed by atoms with Crippen LogP contribution in [0.1, 0.15) is 36.6 Å². The Morgan fingerprint density at radius 1 is 0.912 bits per heavy atom. The molecule has 174 valence electrons. The van der Waals surface area contributed by atoms with Crippen LogP contribution in [0.25, 0.3) is 0 Å². The van der Waals surface area contributed by atoms with E-state index >= 15 is 0 Å². The minimum Gasteiger partial charge on any atom is -0.497 e. The zero-order chi connectivity index (χ0) is 24.1. The predicted octanol–water partition coefficient (Wildman–Crippen LogP) is 4.51. The van der Waals surface area contributed by atoms with Crippen LogP contribution in [0, 0.1) is 0 Å². The molecule has 0 spiro atoms. The molecule has 3 aromatic rings. The second kappa shape index (κ2) is 10.2. The number of carbonyl (C=O) groups excluding carboxylic acids is 2. The maximum Gasteiger partial charge on any atom is 0.303 e. The highest BCUT2D eigenvalue weighted by molar-refractivity contribution is 6.09. The molecule has 0 aromatic heterocycles. The minimum atomic E-state index is -0.809. The van der Waals surface area contributed by atoms with Crippen molar-refractivity contribution in [2.75, 3.05) is 7.11 Å². The third kappa shape index (κ3) is 4.93. The van der Waals surface area contributed by atoms with E-state index in [1.165, 1.54) is 18.9 Å². The van der Waals surface area contributed by atoms with Gasteiger partial charge in [0.2, 0.25) is 5.91 Å². The van der Waals surface area contributed by atoms with Gasteiger partial charge < -0.3 is 14.2 Å². The van der Waals surface area contributed by atoms with Crippen LogP contribution in [-0.4, -0.2) is 35.8 Å². The monoisotopic (exact) mass is 458 g/mol. The van der Waals surface area contributed by atoms with Crippen LogP contribution in [-0.2, 0) is 20.9 Å².